The van der Waals surface area contributed by atoms with Crippen LogP contribution in [0.4, 0.5) is 4.39 Å². The molecular weight excluding hydrogens is 255 g/mol. The van der Waals surface area contributed by atoms with Crippen LogP contribution in [0.25, 0.3) is 0 Å². The van der Waals surface area contributed by atoms with Crippen LogP contribution in [0.2, 0.25) is 0 Å². The van der Waals surface area contributed by atoms with Crippen LogP contribution < -0.4 is 4.74 Å². The Bertz CT molecular complexity index is 636. The standard InChI is InChI=1S/C17H15FO2/c1-13-12-15(6-9-17(13)20-11-10-18)3-2-14-4-7-16(19)8-5-14/h4-9,12,19H,10-11H2,1H3. The molecule has 3 heteroatoms. The first kappa shape index (κ1) is 14.0. The van der Waals surface area contributed by atoms with Gasteiger partial charge in [-0.1, -0.05) is 11.8 Å². The molecule has 0 radical (unpaired) electrons. The van der Waals surface area contributed by atoms with E-state index in [4.69, 9.17) is 4.74 Å². The molecule has 2 rings (SSSR count). The van der Waals surface area contributed by atoms with Gasteiger partial charge in [0, 0.05) is 11.1 Å². The molecular formula is C17H15FO2. The number of hydrogen-bond acceptors (Lipinski definition) is 2. The molecule has 0 saturated carbocycles. The number of phenolic OH excluding ortho intramolecular Hbond substituents is 1. The van der Waals surface area contributed by atoms with Crippen molar-refractivity contribution in [2.75, 3.05) is 13.3 Å². The summed E-state index contributed by atoms with van der Waals surface area (Å²) >= 11 is 0. The second kappa shape index (κ2) is 6.63. The zero-order valence-corrected chi connectivity index (χ0v) is 11.2. The second-order valence-electron chi connectivity index (χ2n) is 4.31. The number of rotatable bonds is 3. The molecule has 2 aromatic rings. The number of hydrogen-bond donors (Lipinski definition) is 1. The smallest absolute Gasteiger partial charge is 0.123 e. The molecule has 0 aliphatic heterocycles. The van der Waals surface area contributed by atoms with Gasteiger partial charge in [-0.15, -0.1) is 0 Å². The van der Waals surface area contributed by atoms with Crippen molar-refractivity contribution < 1.29 is 14.2 Å². The van der Waals surface area contributed by atoms with Gasteiger partial charge in [0.05, 0.1) is 0 Å². The average molecular weight is 270 g/mol. The summed E-state index contributed by atoms with van der Waals surface area (Å²) < 4.78 is 17.3. The number of benzene rings is 2. The Morgan fingerprint density at radius 1 is 1.05 bits per heavy atom. The lowest BCUT2D eigenvalue weighted by Gasteiger charge is -2.07. The summed E-state index contributed by atoms with van der Waals surface area (Å²) in [4.78, 5) is 0. The van der Waals surface area contributed by atoms with Crippen molar-refractivity contribution in [3.05, 3.63) is 59.2 Å². The van der Waals surface area contributed by atoms with Crippen molar-refractivity contribution in [2.24, 2.45) is 0 Å². The third kappa shape index (κ3) is 3.76. The Balaban J connectivity index is 2.14. The van der Waals surface area contributed by atoms with Gasteiger partial charge in [0.2, 0.25) is 0 Å². The molecule has 0 amide bonds. The first-order chi connectivity index (χ1) is 9.69. The van der Waals surface area contributed by atoms with Crippen LogP contribution in [-0.2, 0) is 0 Å². The van der Waals surface area contributed by atoms with E-state index in [0.717, 1.165) is 16.7 Å². The van der Waals surface area contributed by atoms with Crippen LogP contribution in [0.15, 0.2) is 42.5 Å². The monoisotopic (exact) mass is 270 g/mol. The Morgan fingerprint density at radius 3 is 2.35 bits per heavy atom. The van der Waals surface area contributed by atoms with Gasteiger partial charge >= 0.3 is 0 Å². The molecule has 0 bridgehead atoms. The molecule has 0 unspecified atom stereocenters. The molecule has 0 fully saturated rings. The van der Waals surface area contributed by atoms with Crippen molar-refractivity contribution in [1.29, 1.82) is 0 Å². The van der Waals surface area contributed by atoms with Gasteiger partial charge in [0.25, 0.3) is 0 Å². The van der Waals surface area contributed by atoms with E-state index in [2.05, 4.69) is 11.8 Å². The van der Waals surface area contributed by atoms with Gasteiger partial charge in [0.1, 0.15) is 24.8 Å². The number of alkyl halides is 1. The maximum atomic E-state index is 12.1. The quantitative estimate of drug-likeness (QED) is 0.866. The summed E-state index contributed by atoms with van der Waals surface area (Å²) in [5, 5.41) is 9.19. The molecule has 0 aliphatic carbocycles. The molecule has 1 N–H and O–H groups in total. The summed E-state index contributed by atoms with van der Waals surface area (Å²) in [7, 11) is 0. The van der Waals surface area contributed by atoms with E-state index in [0.29, 0.717) is 5.75 Å². The van der Waals surface area contributed by atoms with Gasteiger partial charge < -0.3 is 9.84 Å². The first-order valence-electron chi connectivity index (χ1n) is 6.29. The molecule has 102 valence electrons. The van der Waals surface area contributed by atoms with Crippen molar-refractivity contribution in [3.63, 3.8) is 0 Å². The lowest BCUT2D eigenvalue weighted by atomic mass is 10.1. The minimum atomic E-state index is -0.498. The molecule has 0 aliphatic rings. The molecule has 0 atom stereocenters. The largest absolute Gasteiger partial charge is 0.508 e. The van der Waals surface area contributed by atoms with Crippen molar-refractivity contribution in [1.82, 2.24) is 0 Å². The number of halogens is 1. The maximum absolute atomic E-state index is 12.1. The minimum absolute atomic E-state index is 0.0688. The first-order valence-corrected chi connectivity index (χ1v) is 6.29. The van der Waals surface area contributed by atoms with E-state index >= 15 is 0 Å². The fourth-order valence-electron chi connectivity index (χ4n) is 1.73. The Labute approximate surface area is 117 Å². The van der Waals surface area contributed by atoms with Gasteiger partial charge in [-0.25, -0.2) is 4.39 Å². The Hall–Kier alpha value is -2.47. The van der Waals surface area contributed by atoms with Crippen LogP contribution >= 0.6 is 0 Å². The van der Waals surface area contributed by atoms with E-state index in [9.17, 15) is 9.50 Å². The van der Waals surface area contributed by atoms with E-state index in [1.165, 1.54) is 0 Å². The molecule has 20 heavy (non-hydrogen) atoms. The van der Waals surface area contributed by atoms with Crippen molar-refractivity contribution in [2.45, 2.75) is 6.92 Å². The highest BCUT2D eigenvalue weighted by atomic mass is 19.1. The summed E-state index contributed by atoms with van der Waals surface area (Å²) in [5.74, 6) is 6.96. The molecule has 2 nitrogen and oxygen atoms in total. The predicted molar refractivity (Wildman–Crippen MR) is 76.7 cm³/mol. The van der Waals surface area contributed by atoms with Gasteiger partial charge in [0.15, 0.2) is 0 Å². The topological polar surface area (TPSA) is 29.5 Å². The van der Waals surface area contributed by atoms with Gasteiger partial charge in [-0.2, -0.15) is 0 Å². The predicted octanol–water partition coefficient (Wildman–Crippen LogP) is 3.45. The summed E-state index contributed by atoms with van der Waals surface area (Å²) in [6.07, 6.45) is 0. The molecule has 2 aromatic carbocycles. The highest BCUT2D eigenvalue weighted by Gasteiger charge is 1.99. The van der Waals surface area contributed by atoms with E-state index in [1.807, 2.05) is 19.1 Å². The number of aromatic hydroxyl groups is 1. The summed E-state index contributed by atoms with van der Waals surface area (Å²) in [5.41, 5.74) is 2.62. The normalized spacial score (nSPS) is 9.70. The fourth-order valence-corrected chi connectivity index (χ4v) is 1.73. The SMILES string of the molecule is Cc1cc(C#Cc2ccc(O)cc2)ccc1OCCF. The van der Waals surface area contributed by atoms with Crippen molar-refractivity contribution in [3.8, 4) is 23.3 Å². The Morgan fingerprint density at radius 2 is 1.70 bits per heavy atom. The lowest BCUT2D eigenvalue weighted by Crippen LogP contribution is -2.00. The van der Waals surface area contributed by atoms with Gasteiger partial charge in [-0.3, -0.25) is 0 Å². The highest BCUT2D eigenvalue weighted by Crippen LogP contribution is 2.18. The van der Waals surface area contributed by atoms with Crippen molar-refractivity contribution >= 4 is 0 Å². The molecule has 0 aromatic heterocycles. The number of ether oxygens (including phenoxy) is 1. The van der Waals surface area contributed by atoms with Gasteiger partial charge in [-0.05, 0) is 55.0 Å². The highest BCUT2D eigenvalue weighted by molar-refractivity contribution is 5.47. The second-order valence-corrected chi connectivity index (χ2v) is 4.31. The third-order valence-electron chi connectivity index (χ3n) is 2.73. The summed E-state index contributed by atoms with van der Waals surface area (Å²) in [6, 6.07) is 12.3. The van der Waals surface area contributed by atoms with E-state index in [-0.39, 0.29) is 12.4 Å². The zero-order chi connectivity index (χ0) is 14.4. The fraction of sp³-hybridized carbons (Fsp3) is 0.176. The summed E-state index contributed by atoms with van der Waals surface area (Å²) in [6.45, 7) is 1.47. The molecule has 0 saturated heterocycles. The third-order valence-corrected chi connectivity index (χ3v) is 2.73. The van der Waals surface area contributed by atoms with E-state index < -0.39 is 6.67 Å². The maximum Gasteiger partial charge on any atom is 0.123 e. The van der Waals surface area contributed by atoms with E-state index in [1.54, 1.807) is 30.3 Å². The van der Waals surface area contributed by atoms with Crippen LogP contribution in [0.3, 0.4) is 0 Å². The Kier molecular flexibility index (Phi) is 4.62. The minimum Gasteiger partial charge on any atom is -0.508 e. The number of aryl methyl sites for hydroxylation is 1. The van der Waals surface area contributed by atoms with Crippen LogP contribution in [0, 0.1) is 18.8 Å². The molecule has 0 spiro atoms. The van der Waals surface area contributed by atoms with Crippen LogP contribution in [0.1, 0.15) is 16.7 Å². The zero-order valence-electron chi connectivity index (χ0n) is 11.2. The molecule has 0 heterocycles. The van der Waals surface area contributed by atoms with Crippen LogP contribution in [0.5, 0.6) is 11.5 Å². The lowest BCUT2D eigenvalue weighted by molar-refractivity contribution is 0.272. The number of phenols is 1. The van der Waals surface area contributed by atoms with Crippen LogP contribution in [-0.4, -0.2) is 18.4 Å². The average Bonchev–Trinajstić information content (AvgIpc) is 2.46.